The molecule has 2 aliphatic carbocycles. The Bertz CT molecular complexity index is 855. The van der Waals surface area contributed by atoms with Crippen LogP contribution in [0.2, 0.25) is 0 Å². The number of benzene rings is 1. The second kappa shape index (κ2) is 6.56. The molecule has 2 heteroatoms. The van der Waals surface area contributed by atoms with Crippen molar-refractivity contribution >= 4 is 17.1 Å². The maximum Gasteiger partial charge on any atom is 0.0528 e. The van der Waals surface area contributed by atoms with Gasteiger partial charge in [-0.05, 0) is 75.6 Å². The summed E-state index contributed by atoms with van der Waals surface area (Å²) in [6.07, 6.45) is 13.8. The normalized spacial score (nSPS) is 28.3. The van der Waals surface area contributed by atoms with E-state index in [1.807, 2.05) is 0 Å². The molecule has 1 aliphatic heterocycles. The number of hydrogen-bond donors (Lipinski definition) is 0. The lowest BCUT2D eigenvalue weighted by molar-refractivity contribution is 0.224. The Morgan fingerprint density at radius 3 is 2.81 bits per heavy atom. The highest BCUT2D eigenvalue weighted by Gasteiger charge is 2.31. The van der Waals surface area contributed by atoms with Crippen LogP contribution in [0.4, 0.5) is 0 Å². The van der Waals surface area contributed by atoms with Crippen LogP contribution < -0.4 is 0 Å². The van der Waals surface area contributed by atoms with E-state index < -0.39 is 0 Å². The van der Waals surface area contributed by atoms with Crippen LogP contribution in [0.1, 0.15) is 61.8 Å². The molecule has 0 bridgehead atoms. The highest BCUT2D eigenvalue weighted by molar-refractivity contribution is 5.88. The summed E-state index contributed by atoms with van der Waals surface area (Å²) in [7, 11) is 2.26. The zero-order valence-electron chi connectivity index (χ0n) is 16.4. The fourth-order valence-electron chi connectivity index (χ4n) is 5.91. The molecule has 5 rings (SSSR count). The lowest BCUT2D eigenvalue weighted by atomic mass is 9.68. The average molecular weight is 349 g/mol. The third-order valence-electron chi connectivity index (χ3n) is 7.25. The van der Waals surface area contributed by atoms with Gasteiger partial charge >= 0.3 is 0 Å². The van der Waals surface area contributed by atoms with Gasteiger partial charge in [0.2, 0.25) is 0 Å². The molecule has 0 amide bonds. The topological polar surface area (TPSA) is 8.17 Å². The summed E-state index contributed by atoms with van der Waals surface area (Å²) < 4.78 is 2.60. The van der Waals surface area contributed by atoms with Gasteiger partial charge < -0.3 is 9.47 Å². The van der Waals surface area contributed by atoms with Gasteiger partial charge in [-0.15, -0.1) is 0 Å². The highest BCUT2D eigenvalue weighted by Crippen LogP contribution is 2.44. The Morgan fingerprint density at radius 1 is 1.04 bits per heavy atom. The molecule has 138 valence electrons. The number of hydrogen-bond acceptors (Lipinski definition) is 1. The van der Waals surface area contributed by atoms with Gasteiger partial charge in [0.05, 0.1) is 5.52 Å². The van der Waals surface area contributed by atoms with Crippen molar-refractivity contribution in [3.63, 3.8) is 0 Å². The van der Waals surface area contributed by atoms with Crippen molar-refractivity contribution in [1.29, 1.82) is 0 Å². The van der Waals surface area contributed by atoms with Crippen molar-refractivity contribution in [3.05, 3.63) is 40.6 Å². The Balaban J connectivity index is 1.64. The molecule has 3 aliphatic rings. The molecule has 26 heavy (non-hydrogen) atoms. The molecule has 2 unspecified atom stereocenters. The Hall–Kier alpha value is -1.54. The summed E-state index contributed by atoms with van der Waals surface area (Å²) in [4.78, 5) is 2.47. The maximum atomic E-state index is 2.60. The quantitative estimate of drug-likeness (QED) is 0.635. The van der Waals surface area contributed by atoms with E-state index in [1.165, 1.54) is 74.4 Å². The van der Waals surface area contributed by atoms with Crippen LogP contribution >= 0.6 is 0 Å². The average Bonchev–Trinajstić information content (AvgIpc) is 2.94. The number of aromatic nitrogens is 1. The van der Waals surface area contributed by atoms with Crippen molar-refractivity contribution in [2.45, 2.75) is 64.8 Å². The Labute approximate surface area is 157 Å². The summed E-state index contributed by atoms with van der Waals surface area (Å²) in [5, 5.41) is 1.49. The Kier molecular flexibility index (Phi) is 4.20. The van der Waals surface area contributed by atoms with Gasteiger partial charge in [-0.1, -0.05) is 30.0 Å². The third kappa shape index (κ3) is 2.74. The van der Waals surface area contributed by atoms with E-state index in [9.17, 15) is 0 Å². The van der Waals surface area contributed by atoms with E-state index in [-0.39, 0.29) is 0 Å². The molecule has 0 N–H and O–H groups in total. The number of aryl methyl sites for hydroxylation is 1. The van der Waals surface area contributed by atoms with Crippen LogP contribution in [-0.4, -0.2) is 23.1 Å². The first-order valence-electron chi connectivity index (χ1n) is 10.7. The van der Waals surface area contributed by atoms with Crippen molar-refractivity contribution in [2.75, 3.05) is 13.6 Å². The van der Waals surface area contributed by atoms with Gasteiger partial charge in [-0.25, -0.2) is 0 Å². The fourth-order valence-corrected chi connectivity index (χ4v) is 5.91. The molecule has 0 spiro atoms. The maximum absolute atomic E-state index is 2.60. The first-order chi connectivity index (χ1) is 12.7. The number of nitrogens with zero attached hydrogens (tertiary/aromatic N) is 2. The first-order valence-corrected chi connectivity index (χ1v) is 10.7. The lowest BCUT2D eigenvalue weighted by Crippen LogP contribution is -2.27. The van der Waals surface area contributed by atoms with Gasteiger partial charge in [0.1, 0.15) is 0 Å². The van der Waals surface area contributed by atoms with Gasteiger partial charge in [0.25, 0.3) is 0 Å². The van der Waals surface area contributed by atoms with Crippen molar-refractivity contribution in [1.82, 2.24) is 9.47 Å². The molecular formula is C24H32N2. The zero-order chi connectivity index (χ0) is 17.7. The number of likely N-dealkylation sites (N-methyl/N-ethyl adjacent to an activating group) is 1. The van der Waals surface area contributed by atoms with Crippen LogP contribution in [0, 0.1) is 18.8 Å². The lowest BCUT2D eigenvalue weighted by Gasteiger charge is -2.37. The number of rotatable bonds is 1. The minimum Gasteiger partial charge on any atom is -0.320 e. The molecule has 0 radical (unpaired) electrons. The van der Waals surface area contributed by atoms with Crippen LogP contribution in [0.5, 0.6) is 0 Å². The van der Waals surface area contributed by atoms with Gasteiger partial charge in [-0.3, -0.25) is 0 Å². The van der Waals surface area contributed by atoms with Crippen LogP contribution in [0.15, 0.2) is 23.8 Å². The minimum absolute atomic E-state index is 0.863. The van der Waals surface area contributed by atoms with E-state index in [2.05, 4.69) is 47.8 Å². The Morgan fingerprint density at radius 2 is 1.88 bits per heavy atom. The monoisotopic (exact) mass is 348 g/mol. The smallest absolute Gasteiger partial charge is 0.0528 e. The molecule has 0 saturated heterocycles. The van der Waals surface area contributed by atoms with Crippen molar-refractivity contribution in [3.8, 4) is 0 Å². The predicted octanol–water partition coefficient (Wildman–Crippen LogP) is 5.77. The molecule has 1 aromatic heterocycles. The number of fused-ring (bicyclic) bond motifs is 4. The van der Waals surface area contributed by atoms with Gasteiger partial charge in [0.15, 0.2) is 0 Å². The molecule has 2 aromatic rings. The van der Waals surface area contributed by atoms with Crippen LogP contribution in [0.3, 0.4) is 0 Å². The molecule has 2 nitrogen and oxygen atoms in total. The second-order valence-electron chi connectivity index (χ2n) is 9.05. The summed E-state index contributed by atoms with van der Waals surface area (Å²) in [5.74, 6) is 1.83. The predicted molar refractivity (Wildman–Crippen MR) is 110 cm³/mol. The molecule has 2 fully saturated rings. The summed E-state index contributed by atoms with van der Waals surface area (Å²) in [5.41, 5.74) is 7.71. The molecular weight excluding hydrogens is 316 g/mol. The molecule has 2 saturated carbocycles. The minimum atomic E-state index is 0.863. The van der Waals surface area contributed by atoms with Gasteiger partial charge in [0, 0.05) is 36.8 Å². The van der Waals surface area contributed by atoms with E-state index in [0.717, 1.165) is 18.4 Å². The SMILES string of the molecule is Cc1ccc2c(c1)c1c(n2C=C2CCCC3CCCCC23)CCN(C)C1. The van der Waals surface area contributed by atoms with Gasteiger partial charge in [-0.2, -0.15) is 0 Å². The van der Waals surface area contributed by atoms with E-state index >= 15 is 0 Å². The molecule has 2 atom stereocenters. The molecule has 2 heterocycles. The molecule has 1 aromatic carbocycles. The summed E-state index contributed by atoms with van der Waals surface area (Å²) >= 11 is 0. The fraction of sp³-hybridized carbons (Fsp3) is 0.583. The number of allylic oxidation sites excluding steroid dienone is 1. The van der Waals surface area contributed by atoms with E-state index in [1.54, 1.807) is 16.8 Å². The largest absolute Gasteiger partial charge is 0.320 e. The second-order valence-corrected chi connectivity index (χ2v) is 9.05. The first kappa shape index (κ1) is 16.6. The van der Waals surface area contributed by atoms with Crippen LogP contribution in [-0.2, 0) is 13.0 Å². The van der Waals surface area contributed by atoms with E-state index in [4.69, 9.17) is 0 Å². The van der Waals surface area contributed by atoms with Crippen LogP contribution in [0.25, 0.3) is 17.1 Å². The third-order valence-corrected chi connectivity index (χ3v) is 7.25. The zero-order valence-corrected chi connectivity index (χ0v) is 16.4. The highest BCUT2D eigenvalue weighted by atomic mass is 15.1. The van der Waals surface area contributed by atoms with Crippen molar-refractivity contribution in [2.24, 2.45) is 11.8 Å². The standard InChI is InChI=1S/C24H32N2/c1-17-10-11-23-21(14-17)22-16-25(2)13-12-24(22)26(23)15-19-8-5-7-18-6-3-4-9-20(18)19/h10-11,14-15,18,20H,3-9,12-13,16H2,1-2H3. The summed E-state index contributed by atoms with van der Waals surface area (Å²) in [6, 6.07) is 7.06. The van der Waals surface area contributed by atoms with Crippen molar-refractivity contribution < 1.29 is 0 Å². The van der Waals surface area contributed by atoms with E-state index in [0.29, 0.717) is 0 Å². The summed E-state index contributed by atoms with van der Waals surface area (Å²) in [6.45, 7) is 4.50.